The van der Waals surface area contributed by atoms with Crippen LogP contribution in [0.15, 0.2) is 27.2 Å². The van der Waals surface area contributed by atoms with E-state index in [1.54, 1.807) is 19.1 Å². The molecule has 10 heteroatoms. The van der Waals surface area contributed by atoms with E-state index in [4.69, 9.17) is 32.2 Å². The van der Waals surface area contributed by atoms with Crippen molar-refractivity contribution < 1.29 is 13.8 Å². The average molecular weight is 462 g/mol. The van der Waals surface area contributed by atoms with Crippen LogP contribution in [0.3, 0.4) is 0 Å². The summed E-state index contributed by atoms with van der Waals surface area (Å²) in [5, 5.41) is 8.84. The van der Waals surface area contributed by atoms with Gasteiger partial charge in [0.1, 0.15) is 6.42 Å². The Labute approximate surface area is 188 Å². The molecular formula is C21H21Cl2N5O3. The fraction of sp³-hybridized carbons (Fsp3) is 0.476. The third-order valence-corrected chi connectivity index (χ3v) is 7.31. The maximum absolute atomic E-state index is 12.6. The second-order valence-corrected chi connectivity index (χ2v) is 9.15. The molecule has 2 aromatic heterocycles. The largest absolute Gasteiger partial charge is 0.342 e. The molecule has 1 saturated heterocycles. The predicted octanol–water partition coefficient (Wildman–Crippen LogP) is 4.46. The number of hydrogen-bond donors (Lipinski definition) is 0. The Balaban J connectivity index is 1.24. The number of likely N-dealkylation sites (tertiary alicyclic amines) is 1. The van der Waals surface area contributed by atoms with Crippen LogP contribution in [-0.4, -0.2) is 44.2 Å². The van der Waals surface area contributed by atoms with Gasteiger partial charge in [0.2, 0.25) is 23.5 Å². The Morgan fingerprint density at radius 2 is 1.94 bits per heavy atom. The van der Waals surface area contributed by atoms with Crippen LogP contribution >= 0.6 is 23.2 Å². The molecule has 1 aliphatic carbocycles. The zero-order chi connectivity index (χ0) is 21.6. The Hall–Kier alpha value is -2.45. The quantitative estimate of drug-likeness (QED) is 0.565. The second-order valence-electron chi connectivity index (χ2n) is 8.33. The number of benzene rings is 1. The first-order valence-electron chi connectivity index (χ1n) is 10.3. The van der Waals surface area contributed by atoms with Gasteiger partial charge in [-0.3, -0.25) is 4.79 Å². The zero-order valence-electron chi connectivity index (χ0n) is 17.0. The van der Waals surface area contributed by atoms with E-state index >= 15 is 0 Å². The molecule has 31 heavy (non-hydrogen) atoms. The number of hydrogen-bond acceptors (Lipinski definition) is 7. The van der Waals surface area contributed by atoms with Gasteiger partial charge in [-0.15, -0.1) is 0 Å². The van der Waals surface area contributed by atoms with Gasteiger partial charge in [-0.1, -0.05) is 33.5 Å². The van der Waals surface area contributed by atoms with Crippen LogP contribution in [0.2, 0.25) is 10.0 Å². The van der Waals surface area contributed by atoms with E-state index in [1.165, 1.54) is 0 Å². The summed E-state index contributed by atoms with van der Waals surface area (Å²) in [5.41, 5.74) is 0.883. The van der Waals surface area contributed by atoms with Gasteiger partial charge in [-0.2, -0.15) is 9.97 Å². The Bertz CT molecular complexity index is 1120. The lowest BCUT2D eigenvalue weighted by molar-refractivity contribution is -0.135. The van der Waals surface area contributed by atoms with Crippen LogP contribution in [0.1, 0.15) is 49.2 Å². The van der Waals surface area contributed by atoms with Crippen molar-refractivity contribution in [2.24, 2.45) is 5.41 Å². The lowest BCUT2D eigenvalue weighted by atomic mass is 9.55. The molecule has 1 aromatic carbocycles. The van der Waals surface area contributed by atoms with Gasteiger partial charge in [0.15, 0.2) is 5.82 Å². The molecule has 3 aromatic rings. The van der Waals surface area contributed by atoms with Gasteiger partial charge in [0.25, 0.3) is 0 Å². The van der Waals surface area contributed by atoms with Crippen molar-refractivity contribution in [1.29, 1.82) is 0 Å². The fourth-order valence-electron chi connectivity index (χ4n) is 4.66. The van der Waals surface area contributed by atoms with Gasteiger partial charge in [0.05, 0.1) is 10.0 Å². The molecule has 0 N–H and O–H groups in total. The maximum atomic E-state index is 12.6. The summed E-state index contributed by atoms with van der Waals surface area (Å²) >= 11 is 12.1. The summed E-state index contributed by atoms with van der Waals surface area (Å²) in [6.45, 7) is 3.15. The first-order chi connectivity index (χ1) is 14.9. The van der Waals surface area contributed by atoms with Gasteiger partial charge in [-0.05, 0) is 56.2 Å². The fourth-order valence-corrected chi connectivity index (χ4v) is 4.96. The first kappa shape index (κ1) is 20.5. The first-order valence-corrected chi connectivity index (χ1v) is 11.1. The lowest BCUT2D eigenvalue weighted by Crippen LogP contribution is -2.50. The minimum absolute atomic E-state index is 0.0223. The average Bonchev–Trinajstić information content (AvgIpc) is 3.38. The number of rotatable bonds is 4. The van der Waals surface area contributed by atoms with Gasteiger partial charge < -0.3 is 13.9 Å². The van der Waals surface area contributed by atoms with E-state index in [1.807, 2.05) is 11.0 Å². The van der Waals surface area contributed by atoms with Crippen molar-refractivity contribution in [1.82, 2.24) is 25.2 Å². The Kier molecular flexibility index (Phi) is 5.22. The third kappa shape index (κ3) is 3.83. The molecule has 1 amide bonds. The molecule has 1 saturated carbocycles. The molecule has 2 aliphatic rings. The predicted molar refractivity (Wildman–Crippen MR) is 113 cm³/mol. The highest BCUT2D eigenvalue weighted by molar-refractivity contribution is 6.42. The van der Waals surface area contributed by atoms with Crippen molar-refractivity contribution in [3.05, 3.63) is 45.9 Å². The van der Waals surface area contributed by atoms with Crippen LogP contribution < -0.4 is 0 Å². The van der Waals surface area contributed by atoms with Crippen molar-refractivity contribution in [3.63, 3.8) is 0 Å². The summed E-state index contributed by atoms with van der Waals surface area (Å²) in [7, 11) is 0. The van der Waals surface area contributed by atoms with E-state index in [-0.39, 0.29) is 23.7 Å². The van der Waals surface area contributed by atoms with E-state index in [9.17, 15) is 4.79 Å². The SMILES string of the molecule is Cc1noc(CC(=O)N2CCC3(CCC3c3nc(-c4ccc(Cl)c(Cl)c4)no3)CC2)n1. The molecule has 0 radical (unpaired) electrons. The van der Waals surface area contributed by atoms with Crippen molar-refractivity contribution >= 4 is 29.1 Å². The monoisotopic (exact) mass is 461 g/mol. The summed E-state index contributed by atoms with van der Waals surface area (Å²) in [5.74, 6) is 2.32. The summed E-state index contributed by atoms with van der Waals surface area (Å²) in [6, 6.07) is 5.29. The Morgan fingerprint density at radius 1 is 1.13 bits per heavy atom. The number of carbonyl (C=O) groups is 1. The third-order valence-electron chi connectivity index (χ3n) is 6.57. The van der Waals surface area contributed by atoms with Crippen LogP contribution in [0.25, 0.3) is 11.4 Å². The number of halogens is 2. The van der Waals surface area contributed by atoms with E-state index in [2.05, 4.69) is 20.3 Å². The van der Waals surface area contributed by atoms with Gasteiger partial charge >= 0.3 is 0 Å². The lowest BCUT2D eigenvalue weighted by Gasteiger charge is -2.52. The maximum Gasteiger partial charge on any atom is 0.236 e. The molecule has 1 unspecified atom stereocenters. The summed E-state index contributed by atoms with van der Waals surface area (Å²) in [6.07, 6.45) is 4.09. The number of aryl methyl sites for hydroxylation is 1. The summed E-state index contributed by atoms with van der Waals surface area (Å²) < 4.78 is 10.7. The minimum Gasteiger partial charge on any atom is -0.342 e. The molecule has 5 rings (SSSR count). The molecule has 1 aliphatic heterocycles. The van der Waals surface area contributed by atoms with Crippen LogP contribution in [0.5, 0.6) is 0 Å². The van der Waals surface area contributed by atoms with E-state index < -0.39 is 0 Å². The molecule has 1 atom stereocenters. The summed E-state index contributed by atoms with van der Waals surface area (Å²) in [4.78, 5) is 23.2. The van der Waals surface area contributed by atoms with Crippen molar-refractivity contribution in [2.45, 2.75) is 44.9 Å². The van der Waals surface area contributed by atoms with Crippen LogP contribution in [-0.2, 0) is 11.2 Å². The number of piperidine rings is 1. The second kappa shape index (κ2) is 7.91. The zero-order valence-corrected chi connectivity index (χ0v) is 18.5. The topological polar surface area (TPSA) is 98.2 Å². The normalized spacial score (nSPS) is 20.1. The molecule has 162 valence electrons. The highest BCUT2D eigenvalue weighted by Gasteiger charge is 2.51. The molecule has 8 nitrogen and oxygen atoms in total. The Morgan fingerprint density at radius 3 is 2.58 bits per heavy atom. The van der Waals surface area contributed by atoms with Gasteiger partial charge in [0, 0.05) is 24.6 Å². The standard InChI is InChI=1S/C21H21Cl2N5O3/c1-12-24-17(30-26-12)11-18(29)28-8-6-21(7-9-28)5-4-14(21)20-25-19(27-31-20)13-2-3-15(22)16(23)10-13/h2-3,10,14H,4-9,11H2,1H3. The molecule has 1 spiro atoms. The van der Waals surface area contributed by atoms with Crippen LogP contribution in [0.4, 0.5) is 0 Å². The van der Waals surface area contributed by atoms with Crippen molar-refractivity contribution in [2.75, 3.05) is 13.1 Å². The number of nitrogens with zero attached hydrogens (tertiary/aromatic N) is 5. The number of amides is 1. The van der Waals surface area contributed by atoms with Crippen LogP contribution in [0, 0.1) is 12.3 Å². The van der Waals surface area contributed by atoms with E-state index in [0.717, 1.165) is 31.2 Å². The molecular weight excluding hydrogens is 441 g/mol. The van der Waals surface area contributed by atoms with Crippen molar-refractivity contribution in [3.8, 4) is 11.4 Å². The number of aromatic nitrogens is 4. The minimum atomic E-state index is 0.0223. The molecule has 2 fully saturated rings. The van der Waals surface area contributed by atoms with Gasteiger partial charge in [-0.25, -0.2) is 0 Å². The number of carbonyl (C=O) groups excluding carboxylic acids is 1. The molecule has 3 heterocycles. The van der Waals surface area contributed by atoms with E-state index in [0.29, 0.717) is 46.6 Å². The highest BCUT2D eigenvalue weighted by Crippen LogP contribution is 2.58. The smallest absolute Gasteiger partial charge is 0.236 e. The highest BCUT2D eigenvalue weighted by atomic mass is 35.5. The molecule has 0 bridgehead atoms.